The average Bonchev–Trinajstić information content (AvgIpc) is 3.17. The number of nitrogens with one attached hydrogen (secondary N) is 1. The molecular formula is C19H20F2N6O. The molecule has 0 bridgehead atoms. The number of fused-ring (bicyclic) bond motifs is 2. The minimum absolute atomic E-state index is 0.160. The van der Waals surface area contributed by atoms with Gasteiger partial charge in [-0.25, -0.2) is 18.7 Å². The van der Waals surface area contributed by atoms with Crippen LogP contribution in [0.5, 0.6) is 0 Å². The van der Waals surface area contributed by atoms with Crippen LogP contribution >= 0.6 is 0 Å². The second-order valence-electron chi connectivity index (χ2n) is 7.04. The number of aromatic amines is 1. The highest BCUT2D eigenvalue weighted by atomic mass is 19.3. The van der Waals surface area contributed by atoms with Gasteiger partial charge >= 0.3 is 0 Å². The topological polar surface area (TPSA) is 70.2 Å². The second kappa shape index (κ2) is 6.97. The molecule has 1 aromatic carbocycles. The molecule has 9 heteroatoms. The van der Waals surface area contributed by atoms with Crippen molar-refractivity contribution < 1.29 is 13.5 Å². The second-order valence-corrected chi connectivity index (χ2v) is 7.04. The van der Waals surface area contributed by atoms with E-state index in [9.17, 15) is 8.78 Å². The summed E-state index contributed by atoms with van der Waals surface area (Å²) in [6, 6.07) is 6.14. The van der Waals surface area contributed by atoms with Gasteiger partial charge in [0.2, 0.25) is 0 Å². The number of anilines is 2. The first-order chi connectivity index (χ1) is 13.7. The summed E-state index contributed by atoms with van der Waals surface area (Å²) in [7, 11) is 0. The number of alkyl halides is 2. The fourth-order valence-corrected chi connectivity index (χ4v) is 3.98. The van der Waals surface area contributed by atoms with Crippen molar-refractivity contribution in [2.24, 2.45) is 0 Å². The van der Waals surface area contributed by atoms with Crippen molar-refractivity contribution in [3.05, 3.63) is 41.5 Å². The largest absolute Gasteiger partial charge is 0.378 e. The Morgan fingerprint density at radius 2 is 1.93 bits per heavy atom. The van der Waals surface area contributed by atoms with E-state index >= 15 is 0 Å². The highest BCUT2D eigenvalue weighted by Crippen LogP contribution is 2.33. The molecule has 0 radical (unpaired) electrons. The molecule has 2 aliphatic rings. The average molecular weight is 386 g/mol. The fraction of sp³-hybridized carbons (Fsp3) is 0.421. The number of hydrogen-bond donors (Lipinski definition) is 1. The van der Waals surface area contributed by atoms with Gasteiger partial charge in [-0.15, -0.1) is 0 Å². The van der Waals surface area contributed by atoms with E-state index in [-0.39, 0.29) is 5.69 Å². The van der Waals surface area contributed by atoms with Crippen molar-refractivity contribution >= 4 is 22.4 Å². The van der Waals surface area contributed by atoms with Crippen LogP contribution in [0, 0.1) is 0 Å². The molecule has 0 atom stereocenters. The first-order valence-corrected chi connectivity index (χ1v) is 9.37. The van der Waals surface area contributed by atoms with Crippen molar-refractivity contribution in [2.75, 3.05) is 42.6 Å². The lowest BCUT2D eigenvalue weighted by molar-refractivity contribution is 0.122. The molecule has 1 saturated heterocycles. The molecule has 0 amide bonds. The Hall–Kier alpha value is -2.81. The predicted octanol–water partition coefficient (Wildman–Crippen LogP) is 2.69. The van der Waals surface area contributed by atoms with Crippen molar-refractivity contribution in [2.45, 2.75) is 19.4 Å². The molecule has 4 heterocycles. The van der Waals surface area contributed by atoms with Crippen LogP contribution < -0.4 is 9.80 Å². The summed E-state index contributed by atoms with van der Waals surface area (Å²) in [5.41, 5.74) is 3.15. The Kier molecular flexibility index (Phi) is 4.31. The van der Waals surface area contributed by atoms with Crippen LogP contribution in [-0.4, -0.2) is 53.0 Å². The minimum Gasteiger partial charge on any atom is -0.378 e. The highest BCUT2D eigenvalue weighted by Gasteiger charge is 2.27. The summed E-state index contributed by atoms with van der Waals surface area (Å²) >= 11 is 0. The van der Waals surface area contributed by atoms with E-state index in [0.717, 1.165) is 41.2 Å². The molecule has 0 saturated carbocycles. The van der Waals surface area contributed by atoms with E-state index in [2.05, 4.69) is 37.2 Å². The maximum absolute atomic E-state index is 13.3. The quantitative estimate of drug-likeness (QED) is 0.746. The summed E-state index contributed by atoms with van der Waals surface area (Å²) in [4.78, 5) is 13.2. The van der Waals surface area contributed by atoms with Crippen LogP contribution in [-0.2, 0) is 17.7 Å². The molecular weight excluding hydrogens is 366 g/mol. The van der Waals surface area contributed by atoms with Gasteiger partial charge in [-0.2, -0.15) is 5.10 Å². The number of hydrogen-bond acceptors (Lipinski definition) is 6. The predicted molar refractivity (Wildman–Crippen MR) is 101 cm³/mol. The number of aromatic nitrogens is 4. The molecule has 3 aromatic rings. The Balaban J connectivity index is 1.52. The SMILES string of the molecule is FC(F)c1n[nH]c2c1CN(c1ncnc3ccc(N4CCOCC4)cc13)CC2. The molecule has 1 fully saturated rings. The van der Waals surface area contributed by atoms with Crippen molar-refractivity contribution in [3.63, 3.8) is 0 Å². The van der Waals surface area contributed by atoms with Crippen molar-refractivity contribution in [3.8, 4) is 0 Å². The number of morpholine rings is 1. The Morgan fingerprint density at radius 3 is 2.75 bits per heavy atom. The van der Waals surface area contributed by atoms with Gasteiger partial charge in [0, 0.05) is 54.9 Å². The van der Waals surface area contributed by atoms with Crippen LogP contribution in [0.15, 0.2) is 24.5 Å². The van der Waals surface area contributed by atoms with Crippen LogP contribution in [0.4, 0.5) is 20.3 Å². The molecule has 0 spiro atoms. The summed E-state index contributed by atoms with van der Waals surface area (Å²) in [6.07, 6.45) is -0.427. The molecule has 0 unspecified atom stereocenters. The highest BCUT2D eigenvalue weighted by molar-refractivity contribution is 5.92. The van der Waals surface area contributed by atoms with Gasteiger partial charge in [-0.3, -0.25) is 5.10 Å². The van der Waals surface area contributed by atoms with Crippen LogP contribution in [0.2, 0.25) is 0 Å². The monoisotopic (exact) mass is 386 g/mol. The van der Waals surface area contributed by atoms with Crippen molar-refractivity contribution in [1.29, 1.82) is 0 Å². The molecule has 2 aromatic heterocycles. The summed E-state index contributed by atoms with van der Waals surface area (Å²) in [5.74, 6) is 0.771. The van der Waals surface area contributed by atoms with Gasteiger partial charge in [-0.05, 0) is 18.2 Å². The molecule has 28 heavy (non-hydrogen) atoms. The first-order valence-electron chi connectivity index (χ1n) is 9.37. The number of benzene rings is 1. The number of H-pyrrole nitrogens is 1. The minimum atomic E-state index is -2.59. The lowest BCUT2D eigenvalue weighted by Crippen LogP contribution is -2.36. The van der Waals surface area contributed by atoms with Gasteiger partial charge in [0.05, 0.1) is 18.7 Å². The molecule has 0 aliphatic carbocycles. The molecule has 146 valence electrons. The fourth-order valence-electron chi connectivity index (χ4n) is 3.98. The Labute approximate surface area is 160 Å². The molecule has 5 rings (SSSR count). The lowest BCUT2D eigenvalue weighted by Gasteiger charge is -2.31. The van der Waals surface area contributed by atoms with E-state index in [1.165, 1.54) is 6.33 Å². The molecule has 2 aliphatic heterocycles. The van der Waals surface area contributed by atoms with Gasteiger partial charge in [-0.1, -0.05) is 0 Å². The smallest absolute Gasteiger partial charge is 0.282 e. The number of rotatable bonds is 3. The first kappa shape index (κ1) is 17.3. The normalized spacial score (nSPS) is 17.4. The summed E-state index contributed by atoms with van der Waals surface area (Å²) < 4.78 is 32.0. The number of halogens is 2. The van der Waals surface area contributed by atoms with Gasteiger partial charge in [0.25, 0.3) is 6.43 Å². The third-order valence-corrected chi connectivity index (χ3v) is 5.45. The van der Waals surface area contributed by atoms with Crippen molar-refractivity contribution in [1.82, 2.24) is 20.2 Å². The third-order valence-electron chi connectivity index (χ3n) is 5.45. The Morgan fingerprint density at radius 1 is 1.07 bits per heavy atom. The van der Waals surface area contributed by atoms with Gasteiger partial charge in [0.1, 0.15) is 17.8 Å². The molecule has 1 N–H and O–H groups in total. The van der Waals surface area contributed by atoms with Crippen LogP contribution in [0.25, 0.3) is 10.9 Å². The zero-order valence-electron chi connectivity index (χ0n) is 15.2. The summed E-state index contributed by atoms with van der Waals surface area (Å²) in [5, 5.41) is 7.50. The van der Waals surface area contributed by atoms with E-state index in [1.54, 1.807) is 0 Å². The molecule has 7 nitrogen and oxygen atoms in total. The standard InChI is InChI=1S/C19H20F2N6O/c20-18(21)17-14-10-27(4-3-16(14)24-25-17)19-13-9-12(26-5-7-28-8-6-26)1-2-15(13)22-11-23-19/h1-2,9,11,18H,3-8,10H2,(H,24,25). The maximum atomic E-state index is 13.3. The van der Waals surface area contributed by atoms with Gasteiger partial charge in [0.15, 0.2) is 0 Å². The van der Waals surface area contributed by atoms with E-state index in [1.807, 2.05) is 11.0 Å². The van der Waals surface area contributed by atoms with E-state index < -0.39 is 6.43 Å². The van der Waals surface area contributed by atoms with Gasteiger partial charge < -0.3 is 14.5 Å². The van der Waals surface area contributed by atoms with E-state index in [4.69, 9.17) is 4.74 Å². The third kappa shape index (κ3) is 2.95. The zero-order chi connectivity index (χ0) is 19.1. The van der Waals surface area contributed by atoms with E-state index in [0.29, 0.717) is 38.3 Å². The maximum Gasteiger partial charge on any atom is 0.282 e. The lowest BCUT2D eigenvalue weighted by atomic mass is 10.0. The van der Waals surface area contributed by atoms with Crippen LogP contribution in [0.3, 0.4) is 0 Å². The number of ether oxygens (including phenoxy) is 1. The van der Waals surface area contributed by atoms with Crippen LogP contribution in [0.1, 0.15) is 23.4 Å². The number of nitrogens with zero attached hydrogens (tertiary/aromatic N) is 5. The summed E-state index contributed by atoms with van der Waals surface area (Å²) in [6.45, 7) is 4.15. The Bertz CT molecular complexity index is 1000. The zero-order valence-corrected chi connectivity index (χ0v) is 15.2.